The Hall–Kier alpha value is -7.43. The number of para-hydroxylation sites is 1. The van der Waals surface area contributed by atoms with Gasteiger partial charge in [-0.3, -0.25) is 4.57 Å². The molecule has 2 heterocycles. The predicted molar refractivity (Wildman–Crippen MR) is 227 cm³/mol. The molecule has 4 nitrogen and oxygen atoms in total. The van der Waals surface area contributed by atoms with Crippen molar-refractivity contribution in [1.29, 1.82) is 0 Å². The number of hydrogen-bond donors (Lipinski definition) is 0. The van der Waals surface area contributed by atoms with Gasteiger partial charge < -0.3 is 0 Å². The van der Waals surface area contributed by atoms with E-state index in [1.165, 1.54) is 0 Å². The molecule has 2 aromatic heterocycles. The lowest BCUT2D eigenvalue weighted by molar-refractivity contribution is 0.953. The lowest BCUT2D eigenvalue weighted by Gasteiger charge is -2.13. The van der Waals surface area contributed by atoms with E-state index in [-0.39, 0.29) is 30.1 Å². The minimum absolute atomic E-state index is 0.125. The Bertz CT molecular complexity index is 3190. The van der Waals surface area contributed by atoms with Crippen LogP contribution in [0.4, 0.5) is 0 Å². The first-order chi connectivity index (χ1) is 28.9. The Morgan fingerprint density at radius 2 is 0.855 bits per heavy atom. The predicted octanol–water partition coefficient (Wildman–Crippen LogP) is 13.0. The zero-order valence-corrected chi connectivity index (χ0v) is 29.6. The Balaban J connectivity index is 1.23. The summed E-state index contributed by atoms with van der Waals surface area (Å²) in [6.45, 7) is 0. The average Bonchev–Trinajstić information content (AvgIpc) is 3.66. The van der Waals surface area contributed by atoms with Crippen molar-refractivity contribution in [3.63, 3.8) is 0 Å². The third-order valence-corrected chi connectivity index (χ3v) is 10.0. The first-order valence-corrected chi connectivity index (χ1v) is 18.2. The van der Waals surface area contributed by atoms with Crippen LogP contribution in [0.15, 0.2) is 206 Å². The molecule has 0 atom stereocenters. The zero-order valence-electron chi connectivity index (χ0n) is 33.6. The largest absolute Gasteiger partial charge is 0.278 e. The molecule has 0 N–H and O–H groups in total. The minimum Gasteiger partial charge on any atom is -0.278 e. The van der Waals surface area contributed by atoms with Gasteiger partial charge in [-0.1, -0.05) is 182 Å². The Labute approximate surface area is 325 Å². The van der Waals surface area contributed by atoms with Gasteiger partial charge in [0.2, 0.25) is 5.95 Å². The molecule has 0 aliphatic heterocycles. The number of rotatable bonds is 7. The summed E-state index contributed by atoms with van der Waals surface area (Å²) in [4.78, 5) is 15.3. The van der Waals surface area contributed by atoms with Crippen molar-refractivity contribution in [2.75, 3.05) is 0 Å². The van der Waals surface area contributed by atoms with Gasteiger partial charge in [0.05, 0.1) is 16.5 Å². The molecular weight excluding hydrogens is 669 g/mol. The summed E-state index contributed by atoms with van der Waals surface area (Å²) >= 11 is 0. The number of benzene rings is 8. The summed E-state index contributed by atoms with van der Waals surface area (Å²) in [6.07, 6.45) is 0. The smallest absolute Gasteiger partial charge is 0.238 e. The average molecular weight is 707 g/mol. The number of nitrogens with zero attached hydrogens (tertiary/aromatic N) is 4. The maximum atomic E-state index is 9.29. The van der Waals surface area contributed by atoms with Gasteiger partial charge in [0, 0.05) is 21.9 Å². The van der Waals surface area contributed by atoms with Crippen LogP contribution >= 0.6 is 0 Å². The van der Waals surface area contributed by atoms with Crippen molar-refractivity contribution in [2.24, 2.45) is 0 Å². The van der Waals surface area contributed by atoms with E-state index < -0.39 is 0 Å². The van der Waals surface area contributed by atoms with E-state index in [9.17, 15) is 2.74 Å². The molecular formula is C51H34N4. The molecule has 258 valence electrons. The number of hydrogen-bond acceptors (Lipinski definition) is 3. The topological polar surface area (TPSA) is 43.6 Å². The summed E-state index contributed by atoms with van der Waals surface area (Å²) in [6, 6.07) is 60.0. The fraction of sp³-hybridized carbons (Fsp3) is 0. The standard InChI is InChI=1S/C51H34N4/c1-4-15-35(16-5-1)37-27-29-39(30-28-37)49-52-50(42-22-14-21-40(33-42)36-17-6-2-7-18-36)54-51(53-49)55-47-26-13-12-25-45(47)46-34-41(31-32-48(46)55)44-24-11-10-23-43(44)38-19-8-3-9-20-38/h1-34H/i12D,13D,25D,26D. The first-order valence-electron chi connectivity index (χ1n) is 20.2. The highest BCUT2D eigenvalue weighted by atomic mass is 15.2. The molecule has 10 aromatic rings. The van der Waals surface area contributed by atoms with Crippen LogP contribution in [0.2, 0.25) is 0 Å². The summed E-state index contributed by atoms with van der Waals surface area (Å²) < 4.78 is 37.8. The summed E-state index contributed by atoms with van der Waals surface area (Å²) in [5, 5.41) is 1.06. The molecule has 0 fully saturated rings. The molecule has 0 amide bonds. The highest BCUT2D eigenvalue weighted by molar-refractivity contribution is 6.10. The van der Waals surface area contributed by atoms with E-state index in [4.69, 9.17) is 17.7 Å². The SMILES string of the molecule is [2H]c1c([2H])c([2H])c2c(c1[2H])c1cc(-c3ccccc3-c3ccccc3)ccc1n2-c1nc(-c2ccc(-c3ccccc3)cc2)nc(-c2cccc(-c3ccccc3)c2)n1. The molecule has 10 rings (SSSR count). The van der Waals surface area contributed by atoms with Crippen LogP contribution in [-0.4, -0.2) is 19.5 Å². The van der Waals surface area contributed by atoms with Gasteiger partial charge in [0.1, 0.15) is 0 Å². The van der Waals surface area contributed by atoms with Crippen LogP contribution in [0, 0.1) is 0 Å². The molecule has 0 bridgehead atoms. The monoisotopic (exact) mass is 706 g/mol. The van der Waals surface area contributed by atoms with Crippen LogP contribution in [-0.2, 0) is 0 Å². The van der Waals surface area contributed by atoms with Crippen LogP contribution in [0.25, 0.3) is 95.0 Å². The first kappa shape index (κ1) is 28.1. The summed E-state index contributed by atoms with van der Waals surface area (Å²) in [5.74, 6) is 1.10. The molecule has 4 heteroatoms. The Morgan fingerprint density at radius 3 is 1.56 bits per heavy atom. The van der Waals surface area contributed by atoms with Gasteiger partial charge in [0.25, 0.3) is 0 Å². The Morgan fingerprint density at radius 1 is 0.345 bits per heavy atom. The van der Waals surface area contributed by atoms with Crippen molar-refractivity contribution in [3.8, 4) is 73.2 Å². The van der Waals surface area contributed by atoms with Gasteiger partial charge in [-0.25, -0.2) is 4.98 Å². The number of fused-ring (bicyclic) bond motifs is 3. The van der Waals surface area contributed by atoms with Crippen molar-refractivity contribution in [1.82, 2.24) is 19.5 Å². The van der Waals surface area contributed by atoms with Gasteiger partial charge in [-0.05, 0) is 68.7 Å². The molecule has 0 spiro atoms. The summed E-state index contributed by atoms with van der Waals surface area (Å²) in [5.41, 5.74) is 10.8. The fourth-order valence-electron chi connectivity index (χ4n) is 7.33. The summed E-state index contributed by atoms with van der Waals surface area (Å²) in [7, 11) is 0. The second kappa shape index (κ2) is 13.8. The van der Waals surface area contributed by atoms with Gasteiger partial charge in [0.15, 0.2) is 11.6 Å². The quantitative estimate of drug-likeness (QED) is 0.166. The molecule has 0 saturated carbocycles. The second-order valence-corrected chi connectivity index (χ2v) is 13.4. The van der Waals surface area contributed by atoms with Crippen molar-refractivity contribution >= 4 is 21.8 Å². The van der Waals surface area contributed by atoms with Gasteiger partial charge in [-0.2, -0.15) is 9.97 Å². The Kier molecular flexibility index (Phi) is 7.08. The normalized spacial score (nSPS) is 12.3. The van der Waals surface area contributed by atoms with E-state index >= 15 is 0 Å². The van der Waals surface area contributed by atoms with E-state index in [0.29, 0.717) is 33.5 Å². The van der Waals surface area contributed by atoms with E-state index in [1.54, 1.807) is 4.57 Å². The third-order valence-electron chi connectivity index (χ3n) is 10.0. The molecule has 0 radical (unpaired) electrons. The molecule has 0 aliphatic rings. The van der Waals surface area contributed by atoms with Crippen molar-refractivity contribution in [2.45, 2.75) is 0 Å². The zero-order chi connectivity index (χ0) is 40.0. The van der Waals surface area contributed by atoms with Gasteiger partial charge >= 0.3 is 0 Å². The highest BCUT2D eigenvalue weighted by Gasteiger charge is 2.19. The van der Waals surface area contributed by atoms with E-state index in [1.807, 2.05) is 109 Å². The maximum absolute atomic E-state index is 9.29. The molecule has 8 aromatic carbocycles. The molecule has 0 unspecified atom stereocenters. The lowest BCUT2D eigenvalue weighted by atomic mass is 9.94. The maximum Gasteiger partial charge on any atom is 0.238 e. The van der Waals surface area contributed by atoms with Crippen LogP contribution in [0.3, 0.4) is 0 Å². The van der Waals surface area contributed by atoms with Crippen molar-refractivity contribution < 1.29 is 5.48 Å². The second-order valence-electron chi connectivity index (χ2n) is 13.4. The molecule has 55 heavy (non-hydrogen) atoms. The fourth-order valence-corrected chi connectivity index (χ4v) is 7.33. The third kappa shape index (κ3) is 6.06. The molecule has 0 aliphatic carbocycles. The van der Waals surface area contributed by atoms with E-state index in [0.717, 1.165) is 55.6 Å². The lowest BCUT2D eigenvalue weighted by Crippen LogP contribution is -2.06. The van der Waals surface area contributed by atoms with E-state index in [2.05, 4.69) is 72.8 Å². The highest BCUT2D eigenvalue weighted by Crippen LogP contribution is 2.38. The van der Waals surface area contributed by atoms with Crippen molar-refractivity contribution in [3.05, 3.63) is 206 Å². The van der Waals surface area contributed by atoms with Crippen LogP contribution in [0.1, 0.15) is 5.48 Å². The van der Waals surface area contributed by atoms with Gasteiger partial charge in [-0.15, -0.1) is 0 Å². The molecule has 0 saturated heterocycles. The minimum atomic E-state index is -0.331. The van der Waals surface area contributed by atoms with Crippen LogP contribution < -0.4 is 0 Å². The van der Waals surface area contributed by atoms with Crippen LogP contribution in [0.5, 0.6) is 0 Å². The number of aromatic nitrogens is 4.